The highest BCUT2D eigenvalue weighted by Crippen LogP contribution is 2.25. The summed E-state index contributed by atoms with van der Waals surface area (Å²) in [6, 6.07) is 3.84. The predicted octanol–water partition coefficient (Wildman–Crippen LogP) is 2.94. The van der Waals surface area contributed by atoms with Gasteiger partial charge in [-0.05, 0) is 25.5 Å². The highest BCUT2D eigenvalue weighted by atomic mass is 35.5. The lowest BCUT2D eigenvalue weighted by Crippen LogP contribution is -2.27. The van der Waals surface area contributed by atoms with Gasteiger partial charge < -0.3 is 9.64 Å². The predicted molar refractivity (Wildman–Crippen MR) is 68.6 cm³/mol. The van der Waals surface area contributed by atoms with Crippen LogP contribution in [-0.2, 0) is 0 Å². The fourth-order valence-corrected chi connectivity index (χ4v) is 1.79. The minimum Gasteiger partial charge on any atom is -0.490 e. The first-order chi connectivity index (χ1) is 7.83. The van der Waals surface area contributed by atoms with E-state index in [0.29, 0.717) is 12.5 Å². The summed E-state index contributed by atoms with van der Waals surface area (Å²) in [5.74, 6) is 2.33. The highest BCUT2D eigenvalue weighted by Gasteiger charge is 2.11. The molecule has 0 aliphatic rings. The minimum atomic E-state index is 0.599. The summed E-state index contributed by atoms with van der Waals surface area (Å²) in [6.07, 6.45) is 2.85. The van der Waals surface area contributed by atoms with Gasteiger partial charge in [0.1, 0.15) is 0 Å². The van der Waals surface area contributed by atoms with Gasteiger partial charge >= 0.3 is 0 Å². The lowest BCUT2D eigenvalue weighted by atomic mass is 10.3. The number of anilines is 1. The van der Waals surface area contributed by atoms with Crippen LogP contribution < -0.4 is 9.64 Å². The van der Waals surface area contributed by atoms with E-state index in [1.54, 1.807) is 6.20 Å². The molecule has 1 aromatic heterocycles. The average molecular weight is 243 g/mol. The minimum absolute atomic E-state index is 0.599. The van der Waals surface area contributed by atoms with E-state index in [1.807, 2.05) is 19.1 Å². The third-order valence-corrected chi connectivity index (χ3v) is 2.37. The van der Waals surface area contributed by atoms with Crippen LogP contribution in [-0.4, -0.2) is 30.6 Å². The first kappa shape index (κ1) is 13.1. The van der Waals surface area contributed by atoms with Gasteiger partial charge in [0.05, 0.1) is 6.61 Å². The van der Waals surface area contributed by atoms with Crippen molar-refractivity contribution < 1.29 is 4.74 Å². The third-order valence-electron chi connectivity index (χ3n) is 2.20. The summed E-state index contributed by atoms with van der Waals surface area (Å²) in [4.78, 5) is 6.54. The third kappa shape index (κ3) is 3.56. The summed E-state index contributed by atoms with van der Waals surface area (Å²) >= 11 is 5.80. The number of aromatic nitrogens is 1. The molecule has 4 heteroatoms. The average Bonchev–Trinajstić information content (AvgIpc) is 2.30. The fourth-order valence-electron chi connectivity index (χ4n) is 1.58. The van der Waals surface area contributed by atoms with Gasteiger partial charge in [0.2, 0.25) is 0 Å². The molecule has 0 radical (unpaired) electrons. The Morgan fingerprint density at radius 1 is 1.38 bits per heavy atom. The van der Waals surface area contributed by atoms with Crippen molar-refractivity contribution in [3.8, 4) is 5.75 Å². The molecule has 3 nitrogen and oxygen atoms in total. The Balaban J connectivity index is 2.87. The van der Waals surface area contributed by atoms with Gasteiger partial charge in [-0.2, -0.15) is 0 Å². The second-order valence-electron chi connectivity index (χ2n) is 3.43. The van der Waals surface area contributed by atoms with Gasteiger partial charge in [-0.3, -0.25) is 0 Å². The van der Waals surface area contributed by atoms with Crippen molar-refractivity contribution in [3.05, 3.63) is 18.3 Å². The van der Waals surface area contributed by atoms with Gasteiger partial charge in [0.15, 0.2) is 11.6 Å². The van der Waals surface area contributed by atoms with Crippen LogP contribution >= 0.6 is 11.6 Å². The van der Waals surface area contributed by atoms with Crippen molar-refractivity contribution in [3.63, 3.8) is 0 Å². The molecular weight excluding hydrogens is 224 g/mol. The molecule has 0 aromatic carbocycles. The zero-order valence-corrected chi connectivity index (χ0v) is 10.7. The molecule has 0 atom stereocenters. The van der Waals surface area contributed by atoms with E-state index in [1.165, 1.54) is 0 Å². The standard InChI is InChI=1S/C12H19ClN2O/c1-3-9-15(10-7-13)12-11(16-4-2)6-5-8-14-12/h5-6,8H,3-4,7,9-10H2,1-2H3. The molecule has 0 bridgehead atoms. The van der Waals surface area contributed by atoms with Crippen molar-refractivity contribution >= 4 is 17.4 Å². The van der Waals surface area contributed by atoms with E-state index in [9.17, 15) is 0 Å². The number of nitrogens with zero attached hydrogens (tertiary/aromatic N) is 2. The van der Waals surface area contributed by atoms with E-state index >= 15 is 0 Å². The molecule has 0 amide bonds. The number of hydrogen-bond acceptors (Lipinski definition) is 3. The van der Waals surface area contributed by atoms with E-state index < -0.39 is 0 Å². The monoisotopic (exact) mass is 242 g/mol. The Hall–Kier alpha value is -0.960. The molecule has 0 aliphatic heterocycles. The summed E-state index contributed by atoms with van der Waals surface area (Å²) in [5, 5.41) is 0. The second kappa shape index (κ2) is 7.34. The van der Waals surface area contributed by atoms with Crippen LogP contribution in [0.1, 0.15) is 20.3 Å². The van der Waals surface area contributed by atoms with Crippen LogP contribution in [0.2, 0.25) is 0 Å². The molecule has 90 valence electrons. The highest BCUT2D eigenvalue weighted by molar-refractivity contribution is 6.18. The molecule has 1 rings (SSSR count). The summed E-state index contributed by atoms with van der Waals surface area (Å²) in [7, 11) is 0. The Bertz CT molecular complexity index is 301. The van der Waals surface area contributed by atoms with Crippen LogP contribution in [0.15, 0.2) is 18.3 Å². The maximum Gasteiger partial charge on any atom is 0.171 e. The van der Waals surface area contributed by atoms with Crippen LogP contribution in [0.25, 0.3) is 0 Å². The molecule has 0 N–H and O–H groups in total. The second-order valence-corrected chi connectivity index (χ2v) is 3.81. The number of hydrogen-bond donors (Lipinski definition) is 0. The molecule has 0 saturated heterocycles. The molecule has 0 aliphatic carbocycles. The molecule has 16 heavy (non-hydrogen) atoms. The van der Waals surface area contributed by atoms with Crippen molar-refractivity contribution in [2.24, 2.45) is 0 Å². The smallest absolute Gasteiger partial charge is 0.171 e. The first-order valence-corrected chi connectivity index (χ1v) is 6.25. The number of alkyl halides is 1. The SMILES string of the molecule is CCCN(CCCl)c1ncccc1OCC. The summed E-state index contributed by atoms with van der Waals surface area (Å²) in [5.41, 5.74) is 0. The van der Waals surface area contributed by atoms with Crippen LogP contribution in [0.4, 0.5) is 5.82 Å². The van der Waals surface area contributed by atoms with Gasteiger partial charge in [-0.15, -0.1) is 11.6 Å². The molecular formula is C12H19ClN2O. The molecule has 1 heterocycles. The lowest BCUT2D eigenvalue weighted by Gasteiger charge is -2.24. The largest absolute Gasteiger partial charge is 0.490 e. The van der Waals surface area contributed by atoms with Gasteiger partial charge in [-0.25, -0.2) is 4.98 Å². The van der Waals surface area contributed by atoms with Gasteiger partial charge in [0, 0.05) is 25.2 Å². The van der Waals surface area contributed by atoms with E-state index in [-0.39, 0.29) is 0 Å². The van der Waals surface area contributed by atoms with Crippen LogP contribution in [0, 0.1) is 0 Å². The van der Waals surface area contributed by atoms with Crippen molar-refractivity contribution in [1.29, 1.82) is 0 Å². The molecule has 0 spiro atoms. The molecule has 1 aromatic rings. The van der Waals surface area contributed by atoms with E-state index in [0.717, 1.165) is 31.1 Å². The summed E-state index contributed by atoms with van der Waals surface area (Å²) < 4.78 is 5.56. The molecule has 0 fully saturated rings. The first-order valence-electron chi connectivity index (χ1n) is 5.72. The number of pyridine rings is 1. The fraction of sp³-hybridized carbons (Fsp3) is 0.583. The van der Waals surface area contributed by atoms with Gasteiger partial charge in [-0.1, -0.05) is 6.92 Å². The quantitative estimate of drug-likeness (QED) is 0.688. The Kier molecular flexibility index (Phi) is 6.01. The van der Waals surface area contributed by atoms with Crippen LogP contribution in [0.5, 0.6) is 5.75 Å². The maximum absolute atomic E-state index is 5.80. The van der Waals surface area contributed by atoms with Gasteiger partial charge in [0.25, 0.3) is 0 Å². The van der Waals surface area contributed by atoms with E-state index in [2.05, 4.69) is 16.8 Å². The molecule has 0 unspecified atom stereocenters. The number of rotatable bonds is 7. The van der Waals surface area contributed by atoms with Crippen molar-refractivity contribution in [1.82, 2.24) is 4.98 Å². The Labute approximate surface area is 102 Å². The molecule has 0 saturated carbocycles. The maximum atomic E-state index is 5.80. The summed E-state index contributed by atoms with van der Waals surface area (Å²) in [6.45, 7) is 6.52. The normalized spacial score (nSPS) is 10.2. The van der Waals surface area contributed by atoms with E-state index in [4.69, 9.17) is 16.3 Å². The topological polar surface area (TPSA) is 25.4 Å². The number of ether oxygens (including phenoxy) is 1. The van der Waals surface area contributed by atoms with Crippen LogP contribution in [0.3, 0.4) is 0 Å². The lowest BCUT2D eigenvalue weighted by molar-refractivity contribution is 0.339. The zero-order chi connectivity index (χ0) is 11.8. The number of halogens is 1. The van der Waals surface area contributed by atoms with Crippen molar-refractivity contribution in [2.45, 2.75) is 20.3 Å². The van der Waals surface area contributed by atoms with Crippen molar-refractivity contribution in [2.75, 3.05) is 30.5 Å². The Morgan fingerprint density at radius 2 is 2.19 bits per heavy atom. The zero-order valence-electron chi connectivity index (χ0n) is 9.95. The Morgan fingerprint density at radius 3 is 2.81 bits per heavy atom.